The second kappa shape index (κ2) is 10.9. The minimum Gasteiger partial charge on any atom is -0.444 e. The summed E-state index contributed by atoms with van der Waals surface area (Å²) in [5, 5.41) is 15.1. The molecule has 2 amide bonds. The van der Waals surface area contributed by atoms with Crippen molar-refractivity contribution in [2.24, 2.45) is 5.92 Å². The molecule has 0 radical (unpaired) electrons. The molecule has 0 spiro atoms. The highest BCUT2D eigenvalue weighted by molar-refractivity contribution is 6.11. The van der Waals surface area contributed by atoms with Gasteiger partial charge in [-0.2, -0.15) is 0 Å². The Morgan fingerprint density at radius 3 is 2.62 bits per heavy atom. The number of amides is 2. The van der Waals surface area contributed by atoms with Gasteiger partial charge in [0.1, 0.15) is 5.60 Å². The molecule has 2 heterocycles. The number of nitrogens with one attached hydrogen (secondary N) is 4. The third kappa shape index (κ3) is 6.39. The first kappa shape index (κ1) is 26.0. The van der Waals surface area contributed by atoms with Crippen molar-refractivity contribution in [1.82, 2.24) is 9.88 Å². The molecule has 0 saturated carbocycles. The van der Waals surface area contributed by atoms with E-state index in [1.54, 1.807) is 11.1 Å². The van der Waals surface area contributed by atoms with Crippen LogP contribution < -0.4 is 10.6 Å². The van der Waals surface area contributed by atoms with E-state index in [9.17, 15) is 9.59 Å². The van der Waals surface area contributed by atoms with Crippen molar-refractivity contribution in [3.63, 3.8) is 0 Å². The Morgan fingerprint density at radius 1 is 1.19 bits per heavy atom. The maximum absolute atomic E-state index is 13.0. The Balaban J connectivity index is 1.46. The molecule has 3 aromatic rings. The fraction of sp³-hybridized carbons (Fsp3) is 0.345. The molecule has 1 aliphatic heterocycles. The van der Waals surface area contributed by atoms with Crippen molar-refractivity contribution in [1.29, 1.82) is 5.41 Å². The molecular formula is C29H35N5O3. The molecule has 1 atom stereocenters. The Bertz CT molecular complexity index is 1320. The zero-order valence-corrected chi connectivity index (χ0v) is 21.9. The lowest BCUT2D eigenvalue weighted by Crippen LogP contribution is -2.36. The second-order valence-corrected chi connectivity index (χ2v) is 10.3. The maximum Gasteiger partial charge on any atom is 0.410 e. The van der Waals surface area contributed by atoms with E-state index in [0.29, 0.717) is 30.8 Å². The smallest absolute Gasteiger partial charge is 0.410 e. The van der Waals surface area contributed by atoms with Crippen LogP contribution >= 0.6 is 0 Å². The number of hydrogen-bond donors (Lipinski definition) is 4. The Labute approximate surface area is 217 Å². The lowest BCUT2D eigenvalue weighted by Gasteiger charge is -2.24. The molecule has 1 aliphatic rings. The van der Waals surface area contributed by atoms with E-state index in [4.69, 9.17) is 10.1 Å². The Kier molecular flexibility index (Phi) is 7.66. The molecule has 1 aromatic heterocycles. The highest BCUT2D eigenvalue weighted by atomic mass is 16.6. The number of allylic oxidation sites excluding steroid dienone is 1. The van der Waals surface area contributed by atoms with Crippen LogP contribution in [0.2, 0.25) is 0 Å². The first-order chi connectivity index (χ1) is 17.7. The van der Waals surface area contributed by atoms with E-state index in [0.717, 1.165) is 28.6 Å². The lowest BCUT2D eigenvalue weighted by atomic mass is 10.0. The van der Waals surface area contributed by atoms with Gasteiger partial charge in [0.2, 0.25) is 5.91 Å². The highest BCUT2D eigenvalue weighted by Gasteiger charge is 2.33. The predicted molar refractivity (Wildman–Crippen MR) is 149 cm³/mol. The molecule has 1 unspecified atom stereocenters. The highest BCUT2D eigenvalue weighted by Crippen LogP contribution is 2.28. The van der Waals surface area contributed by atoms with E-state index in [-0.39, 0.29) is 17.9 Å². The van der Waals surface area contributed by atoms with Gasteiger partial charge in [-0.1, -0.05) is 25.1 Å². The minimum absolute atomic E-state index is 0.127. The zero-order valence-electron chi connectivity index (χ0n) is 21.9. The third-order valence-corrected chi connectivity index (χ3v) is 6.40. The Hall–Kier alpha value is -4.07. The first-order valence-corrected chi connectivity index (χ1v) is 12.6. The van der Waals surface area contributed by atoms with Crippen molar-refractivity contribution in [3.8, 4) is 0 Å². The quantitative estimate of drug-likeness (QED) is 0.296. The summed E-state index contributed by atoms with van der Waals surface area (Å²) in [4.78, 5) is 30.2. The number of benzene rings is 2. The molecule has 8 heteroatoms. The molecule has 0 bridgehead atoms. The number of fused-ring (bicyclic) bond motifs is 1. The number of carbonyl (C=O) groups is 2. The molecule has 1 fully saturated rings. The van der Waals surface area contributed by atoms with Gasteiger partial charge in [-0.15, -0.1) is 0 Å². The summed E-state index contributed by atoms with van der Waals surface area (Å²) in [6, 6.07) is 14.0. The van der Waals surface area contributed by atoms with Gasteiger partial charge in [0.05, 0.1) is 11.6 Å². The molecule has 8 nitrogen and oxygen atoms in total. The van der Waals surface area contributed by atoms with Crippen LogP contribution in [0.4, 0.5) is 16.2 Å². The van der Waals surface area contributed by atoms with Gasteiger partial charge in [-0.3, -0.25) is 4.79 Å². The van der Waals surface area contributed by atoms with Gasteiger partial charge < -0.3 is 30.7 Å². The number of aryl methyl sites for hydroxylation is 1. The van der Waals surface area contributed by atoms with Crippen molar-refractivity contribution in [3.05, 3.63) is 66.0 Å². The van der Waals surface area contributed by atoms with E-state index >= 15 is 0 Å². The summed E-state index contributed by atoms with van der Waals surface area (Å²) in [6.45, 7) is 8.43. The van der Waals surface area contributed by atoms with Gasteiger partial charge in [0, 0.05) is 53.9 Å². The second-order valence-electron chi connectivity index (χ2n) is 10.3. The summed E-state index contributed by atoms with van der Waals surface area (Å²) < 4.78 is 5.44. The number of rotatable bonds is 7. The monoisotopic (exact) mass is 501 g/mol. The van der Waals surface area contributed by atoms with Crippen LogP contribution in [0.1, 0.15) is 45.2 Å². The van der Waals surface area contributed by atoms with Crippen molar-refractivity contribution >= 4 is 46.1 Å². The number of aromatic nitrogens is 1. The molecule has 1 saturated heterocycles. The van der Waals surface area contributed by atoms with Gasteiger partial charge in [-0.05, 0) is 69.0 Å². The average Bonchev–Trinajstić information content (AvgIpc) is 3.52. The normalized spacial score (nSPS) is 16.1. The largest absolute Gasteiger partial charge is 0.444 e. The van der Waals surface area contributed by atoms with E-state index in [1.165, 1.54) is 11.8 Å². The lowest BCUT2D eigenvalue weighted by molar-refractivity contribution is -0.119. The van der Waals surface area contributed by atoms with E-state index in [1.807, 2.05) is 57.3 Å². The van der Waals surface area contributed by atoms with Gasteiger partial charge >= 0.3 is 6.09 Å². The SMILES string of the molecule is CCc1ccc(N/C=C(\C=N)c2ccc3[nH]cc(NC(=O)C4CCN(C(=O)OC(C)(C)C)C4)c3c2)cc1. The molecule has 0 aliphatic carbocycles. The molecule has 194 valence electrons. The summed E-state index contributed by atoms with van der Waals surface area (Å²) in [5.74, 6) is -0.432. The van der Waals surface area contributed by atoms with Crippen LogP contribution in [-0.4, -0.2) is 46.8 Å². The topological polar surface area (TPSA) is 110 Å². The van der Waals surface area contributed by atoms with E-state index in [2.05, 4.69) is 34.7 Å². The Morgan fingerprint density at radius 2 is 1.95 bits per heavy atom. The van der Waals surface area contributed by atoms with Crippen LogP contribution in [0.3, 0.4) is 0 Å². The fourth-order valence-corrected chi connectivity index (χ4v) is 4.31. The third-order valence-electron chi connectivity index (χ3n) is 6.40. The number of H-pyrrole nitrogens is 1. The van der Waals surface area contributed by atoms with Crippen LogP contribution in [0.15, 0.2) is 54.9 Å². The molecule has 4 rings (SSSR count). The first-order valence-electron chi connectivity index (χ1n) is 12.6. The molecule has 2 aromatic carbocycles. The summed E-state index contributed by atoms with van der Waals surface area (Å²) in [7, 11) is 0. The van der Waals surface area contributed by atoms with Crippen molar-refractivity contribution in [2.75, 3.05) is 23.7 Å². The number of hydrogen-bond acceptors (Lipinski definition) is 5. The van der Waals surface area contributed by atoms with Crippen molar-refractivity contribution in [2.45, 2.75) is 46.1 Å². The minimum atomic E-state index is -0.571. The van der Waals surface area contributed by atoms with Crippen molar-refractivity contribution < 1.29 is 14.3 Å². The van der Waals surface area contributed by atoms with Gasteiger partial charge in [0.25, 0.3) is 0 Å². The number of nitrogens with zero attached hydrogens (tertiary/aromatic N) is 1. The number of ether oxygens (including phenoxy) is 1. The number of anilines is 2. The van der Waals surface area contributed by atoms with Crippen LogP contribution in [0.5, 0.6) is 0 Å². The molecule has 4 N–H and O–H groups in total. The number of aromatic amines is 1. The maximum atomic E-state index is 13.0. The zero-order chi connectivity index (χ0) is 26.6. The van der Waals surface area contributed by atoms with E-state index < -0.39 is 5.60 Å². The summed E-state index contributed by atoms with van der Waals surface area (Å²) >= 11 is 0. The van der Waals surface area contributed by atoms with Gasteiger partial charge in [-0.25, -0.2) is 4.79 Å². The number of carbonyl (C=O) groups excluding carboxylic acids is 2. The summed E-state index contributed by atoms with van der Waals surface area (Å²) in [6.07, 6.45) is 6.08. The van der Waals surface area contributed by atoms with Gasteiger partial charge in [0.15, 0.2) is 0 Å². The number of likely N-dealkylation sites (tertiary alicyclic amines) is 1. The summed E-state index contributed by atoms with van der Waals surface area (Å²) in [5.41, 5.74) is 4.76. The average molecular weight is 502 g/mol. The van der Waals surface area contributed by atoms with Crippen LogP contribution in [0, 0.1) is 11.3 Å². The van der Waals surface area contributed by atoms with Crippen LogP contribution in [-0.2, 0) is 16.0 Å². The molecular weight excluding hydrogens is 466 g/mol. The molecule has 37 heavy (non-hydrogen) atoms. The predicted octanol–water partition coefficient (Wildman–Crippen LogP) is 6.03. The van der Waals surface area contributed by atoms with Crippen LogP contribution in [0.25, 0.3) is 16.5 Å². The fourth-order valence-electron chi connectivity index (χ4n) is 4.31. The standard InChI is InChI=1S/C29H35N5O3/c1-5-19-6-9-23(10-7-19)31-16-22(15-30)20-8-11-25-24(14-20)26(17-32-25)33-27(35)21-12-13-34(18-21)28(36)37-29(2,3)4/h6-11,14-17,21,30-32H,5,12-13,18H2,1-4H3,(H,33,35)/b22-16+,30-15?.